The van der Waals surface area contributed by atoms with Crippen LogP contribution in [0.2, 0.25) is 5.02 Å². The minimum absolute atomic E-state index is 0.0295. The van der Waals surface area contributed by atoms with Gasteiger partial charge in [-0.15, -0.1) is 11.8 Å². The predicted octanol–water partition coefficient (Wildman–Crippen LogP) is 4.89. The second kappa shape index (κ2) is 11.4. The van der Waals surface area contributed by atoms with Crippen LogP contribution in [0.3, 0.4) is 0 Å². The van der Waals surface area contributed by atoms with E-state index in [1.807, 2.05) is 49.4 Å². The highest BCUT2D eigenvalue weighted by molar-refractivity contribution is 8.00. The molecule has 0 spiro atoms. The third-order valence-electron chi connectivity index (χ3n) is 3.76. The van der Waals surface area contributed by atoms with Gasteiger partial charge >= 0.3 is 0 Å². The maximum absolute atomic E-state index is 12.3. The topological polar surface area (TPSA) is 47.6 Å². The van der Waals surface area contributed by atoms with Crippen LogP contribution >= 0.6 is 35.1 Å². The fourth-order valence-electron chi connectivity index (χ4n) is 2.31. The molecule has 1 N–H and O–H groups in total. The molecule has 0 aliphatic rings. The van der Waals surface area contributed by atoms with E-state index in [2.05, 4.69) is 5.32 Å². The van der Waals surface area contributed by atoms with Crippen molar-refractivity contribution in [3.63, 3.8) is 0 Å². The van der Waals surface area contributed by atoms with Gasteiger partial charge in [0.1, 0.15) is 0 Å². The van der Waals surface area contributed by atoms with Gasteiger partial charge in [-0.3, -0.25) is 4.79 Å². The Morgan fingerprint density at radius 2 is 1.81 bits per heavy atom. The van der Waals surface area contributed by atoms with Crippen molar-refractivity contribution in [3.8, 4) is 11.5 Å². The highest BCUT2D eigenvalue weighted by Gasteiger charge is 2.15. The van der Waals surface area contributed by atoms with Crippen molar-refractivity contribution in [3.05, 3.63) is 53.1 Å². The second-order valence-electron chi connectivity index (χ2n) is 5.75. The molecule has 0 fully saturated rings. The number of methoxy groups -OCH3 is 2. The first-order chi connectivity index (χ1) is 13.0. The molecule has 0 aliphatic carbocycles. The van der Waals surface area contributed by atoms with Gasteiger partial charge in [0.2, 0.25) is 5.91 Å². The smallest absolute Gasteiger partial charge is 0.233 e. The molecule has 1 amide bonds. The molecule has 4 nitrogen and oxygen atoms in total. The van der Waals surface area contributed by atoms with Crippen molar-refractivity contribution in [2.75, 3.05) is 26.5 Å². The van der Waals surface area contributed by atoms with Gasteiger partial charge in [-0.2, -0.15) is 11.8 Å². The molecule has 0 heterocycles. The summed E-state index contributed by atoms with van der Waals surface area (Å²) in [7, 11) is 3.20. The van der Waals surface area contributed by atoms with Crippen LogP contribution in [0, 0.1) is 0 Å². The van der Waals surface area contributed by atoms with E-state index in [1.54, 1.807) is 26.0 Å². The van der Waals surface area contributed by atoms with E-state index in [9.17, 15) is 4.79 Å². The number of carbonyl (C=O) groups excluding carboxylic acids is 1. The number of ether oxygens (including phenoxy) is 2. The Labute approximate surface area is 174 Å². The molecule has 1 atom stereocenters. The van der Waals surface area contributed by atoms with E-state index < -0.39 is 0 Å². The third-order valence-corrected chi connectivity index (χ3v) is 6.14. The molecule has 2 rings (SSSR count). The van der Waals surface area contributed by atoms with Gasteiger partial charge in [0.25, 0.3) is 0 Å². The molecule has 0 saturated heterocycles. The third kappa shape index (κ3) is 7.20. The molecule has 0 unspecified atom stereocenters. The van der Waals surface area contributed by atoms with E-state index >= 15 is 0 Å². The monoisotopic (exact) mass is 425 g/mol. The minimum atomic E-state index is -0.190. The Balaban J connectivity index is 1.71. The molecule has 2 aromatic carbocycles. The zero-order chi connectivity index (χ0) is 19.6. The summed E-state index contributed by atoms with van der Waals surface area (Å²) in [5.74, 6) is 3.14. The Morgan fingerprint density at radius 3 is 2.48 bits per heavy atom. The van der Waals surface area contributed by atoms with Gasteiger partial charge in [0, 0.05) is 28.0 Å². The van der Waals surface area contributed by atoms with Crippen molar-refractivity contribution in [2.24, 2.45) is 0 Å². The Morgan fingerprint density at radius 1 is 1.11 bits per heavy atom. The number of hydrogen-bond donors (Lipinski definition) is 1. The minimum Gasteiger partial charge on any atom is -0.493 e. The van der Waals surface area contributed by atoms with Crippen LogP contribution in [0.4, 0.5) is 0 Å². The lowest BCUT2D eigenvalue weighted by Gasteiger charge is -2.14. The molecule has 0 aromatic heterocycles. The van der Waals surface area contributed by atoms with Crippen molar-refractivity contribution in [2.45, 2.75) is 22.8 Å². The number of rotatable bonds is 10. The zero-order valence-corrected chi connectivity index (χ0v) is 18.0. The lowest BCUT2D eigenvalue weighted by atomic mass is 10.2. The van der Waals surface area contributed by atoms with Gasteiger partial charge in [-0.05, 0) is 42.8 Å². The van der Waals surface area contributed by atoms with Crippen LogP contribution < -0.4 is 14.8 Å². The number of benzene rings is 2. The molecule has 7 heteroatoms. The van der Waals surface area contributed by atoms with Crippen LogP contribution in [0.15, 0.2) is 47.4 Å². The number of thioether (sulfide) groups is 2. The van der Waals surface area contributed by atoms with Crippen molar-refractivity contribution in [1.29, 1.82) is 0 Å². The summed E-state index contributed by atoms with van der Waals surface area (Å²) in [6.07, 6.45) is 0. The Bertz CT molecular complexity index is 741. The number of halogens is 1. The molecule has 0 saturated carbocycles. The van der Waals surface area contributed by atoms with Crippen LogP contribution in [-0.4, -0.2) is 37.7 Å². The van der Waals surface area contributed by atoms with E-state index in [0.29, 0.717) is 18.0 Å². The standard InChI is InChI=1S/C20H24ClNO3S2/c1-14(27-17-8-9-18(24-2)19(12-17)25-3)20(23)22-10-11-26-13-15-4-6-16(21)7-5-15/h4-9,12,14H,10-11,13H2,1-3H3,(H,22,23)/t14-/m1/s1. The number of amides is 1. The molecule has 27 heavy (non-hydrogen) atoms. The summed E-state index contributed by atoms with van der Waals surface area (Å²) < 4.78 is 10.5. The maximum atomic E-state index is 12.3. The fourth-order valence-corrected chi connectivity index (χ4v) is 4.17. The first kappa shape index (κ1) is 21.8. The quantitative estimate of drug-likeness (QED) is 0.434. The van der Waals surface area contributed by atoms with Gasteiger partial charge in [0.15, 0.2) is 11.5 Å². The number of carbonyl (C=O) groups is 1. The summed E-state index contributed by atoms with van der Waals surface area (Å²) in [6.45, 7) is 2.55. The summed E-state index contributed by atoms with van der Waals surface area (Å²) in [5, 5.41) is 3.55. The van der Waals surface area contributed by atoms with Gasteiger partial charge in [-0.25, -0.2) is 0 Å². The highest BCUT2D eigenvalue weighted by Crippen LogP contribution is 2.33. The lowest BCUT2D eigenvalue weighted by Crippen LogP contribution is -2.32. The Hall–Kier alpha value is -1.50. The SMILES string of the molecule is COc1ccc(S[C@H](C)C(=O)NCCSCc2ccc(Cl)cc2)cc1OC. The van der Waals surface area contributed by atoms with Crippen LogP contribution in [0.5, 0.6) is 11.5 Å². The van der Waals surface area contributed by atoms with Crippen LogP contribution in [0.1, 0.15) is 12.5 Å². The maximum Gasteiger partial charge on any atom is 0.233 e. The summed E-state index contributed by atoms with van der Waals surface area (Å²) >= 11 is 9.16. The second-order valence-corrected chi connectivity index (χ2v) is 8.70. The number of hydrogen-bond acceptors (Lipinski definition) is 5. The molecule has 146 valence electrons. The zero-order valence-electron chi connectivity index (χ0n) is 15.7. The average molecular weight is 426 g/mol. The fraction of sp³-hybridized carbons (Fsp3) is 0.350. The molecule has 0 aliphatic heterocycles. The van der Waals surface area contributed by atoms with E-state index in [-0.39, 0.29) is 11.2 Å². The van der Waals surface area contributed by atoms with Gasteiger partial charge in [0.05, 0.1) is 19.5 Å². The molecular formula is C20H24ClNO3S2. The summed E-state index contributed by atoms with van der Waals surface area (Å²) in [4.78, 5) is 13.2. The van der Waals surface area contributed by atoms with Crippen molar-refractivity contribution >= 4 is 41.0 Å². The summed E-state index contributed by atoms with van der Waals surface area (Å²) in [5.41, 5.74) is 1.23. The van der Waals surface area contributed by atoms with E-state index in [1.165, 1.54) is 17.3 Å². The first-order valence-corrected chi connectivity index (χ1v) is 10.9. The van der Waals surface area contributed by atoms with Gasteiger partial charge in [-0.1, -0.05) is 23.7 Å². The molecule has 0 radical (unpaired) electrons. The van der Waals surface area contributed by atoms with Crippen LogP contribution in [0.25, 0.3) is 0 Å². The largest absolute Gasteiger partial charge is 0.493 e. The molecule has 2 aromatic rings. The van der Waals surface area contributed by atoms with Crippen molar-refractivity contribution in [1.82, 2.24) is 5.32 Å². The number of nitrogens with one attached hydrogen (secondary N) is 1. The van der Waals surface area contributed by atoms with Crippen molar-refractivity contribution < 1.29 is 14.3 Å². The van der Waals surface area contributed by atoms with Gasteiger partial charge < -0.3 is 14.8 Å². The van der Waals surface area contributed by atoms with E-state index in [0.717, 1.165) is 21.4 Å². The van der Waals surface area contributed by atoms with E-state index in [4.69, 9.17) is 21.1 Å². The Kier molecular flexibility index (Phi) is 9.18. The normalized spacial score (nSPS) is 11.7. The lowest BCUT2D eigenvalue weighted by molar-refractivity contribution is -0.120. The average Bonchev–Trinajstić information content (AvgIpc) is 2.68. The highest BCUT2D eigenvalue weighted by atomic mass is 35.5. The first-order valence-electron chi connectivity index (χ1n) is 8.52. The molecular weight excluding hydrogens is 402 g/mol. The predicted molar refractivity (Wildman–Crippen MR) is 115 cm³/mol. The van der Waals surface area contributed by atoms with Crippen LogP contribution in [-0.2, 0) is 10.5 Å². The summed E-state index contributed by atoms with van der Waals surface area (Å²) in [6, 6.07) is 13.5. The molecule has 0 bridgehead atoms.